The van der Waals surface area contributed by atoms with Gasteiger partial charge in [0.05, 0.1) is 6.61 Å². The number of aromatic nitrogens is 1. The number of hydrogen-bond donors (Lipinski definition) is 0. The highest BCUT2D eigenvalue weighted by Crippen LogP contribution is 2.23. The average Bonchev–Trinajstić information content (AvgIpc) is 2.92. The SMILES string of the molecule is O=C(Cn1cc(Br)ccc1=O)OCCc1cc2cc(Br)ccc2o1. The molecular formula is C17H13Br2NO4. The molecular weight excluding hydrogens is 442 g/mol. The number of furan rings is 1. The first-order valence-electron chi connectivity index (χ1n) is 7.21. The van der Waals surface area contributed by atoms with E-state index < -0.39 is 5.97 Å². The Morgan fingerprint density at radius 3 is 2.75 bits per heavy atom. The van der Waals surface area contributed by atoms with Crippen molar-refractivity contribution in [3.8, 4) is 0 Å². The fourth-order valence-corrected chi connectivity index (χ4v) is 3.03. The van der Waals surface area contributed by atoms with E-state index in [1.165, 1.54) is 10.6 Å². The van der Waals surface area contributed by atoms with Gasteiger partial charge in [-0.1, -0.05) is 15.9 Å². The van der Waals surface area contributed by atoms with Gasteiger partial charge in [0.25, 0.3) is 5.56 Å². The Morgan fingerprint density at radius 1 is 1.12 bits per heavy atom. The van der Waals surface area contributed by atoms with Gasteiger partial charge >= 0.3 is 5.97 Å². The van der Waals surface area contributed by atoms with E-state index in [4.69, 9.17) is 9.15 Å². The minimum absolute atomic E-state index is 0.120. The minimum atomic E-state index is -0.464. The van der Waals surface area contributed by atoms with E-state index in [1.807, 2.05) is 24.3 Å². The summed E-state index contributed by atoms with van der Waals surface area (Å²) >= 11 is 6.68. The van der Waals surface area contributed by atoms with Crippen LogP contribution in [0.3, 0.4) is 0 Å². The molecule has 0 aliphatic carbocycles. The molecule has 0 saturated carbocycles. The van der Waals surface area contributed by atoms with Crippen molar-refractivity contribution in [1.82, 2.24) is 4.57 Å². The smallest absolute Gasteiger partial charge is 0.326 e. The molecule has 124 valence electrons. The summed E-state index contributed by atoms with van der Waals surface area (Å²) in [5.74, 6) is 0.282. The molecule has 1 aromatic carbocycles. The Hall–Kier alpha value is -1.86. The molecule has 0 fully saturated rings. The van der Waals surface area contributed by atoms with Crippen LogP contribution in [-0.2, 0) is 22.5 Å². The van der Waals surface area contributed by atoms with Crippen LogP contribution in [0.1, 0.15) is 5.76 Å². The number of carbonyl (C=O) groups is 1. The van der Waals surface area contributed by atoms with Gasteiger partial charge in [-0.25, -0.2) is 0 Å². The molecule has 3 aromatic rings. The number of fused-ring (bicyclic) bond motifs is 1. The first-order valence-corrected chi connectivity index (χ1v) is 8.79. The van der Waals surface area contributed by atoms with Crippen molar-refractivity contribution in [1.29, 1.82) is 0 Å². The summed E-state index contributed by atoms with van der Waals surface area (Å²) in [5, 5.41) is 0.992. The fraction of sp³-hybridized carbons (Fsp3) is 0.176. The molecule has 24 heavy (non-hydrogen) atoms. The van der Waals surface area contributed by atoms with Gasteiger partial charge < -0.3 is 13.7 Å². The van der Waals surface area contributed by atoms with E-state index >= 15 is 0 Å². The molecule has 0 unspecified atom stereocenters. The van der Waals surface area contributed by atoms with Gasteiger partial charge in [-0.15, -0.1) is 0 Å². The number of hydrogen-bond acceptors (Lipinski definition) is 4. The van der Waals surface area contributed by atoms with Crippen molar-refractivity contribution < 1.29 is 13.9 Å². The fourth-order valence-electron chi connectivity index (χ4n) is 2.27. The van der Waals surface area contributed by atoms with Crippen LogP contribution in [0.2, 0.25) is 0 Å². The molecule has 0 N–H and O–H groups in total. The molecule has 0 radical (unpaired) electrons. The summed E-state index contributed by atoms with van der Waals surface area (Å²) in [6.07, 6.45) is 2.03. The number of pyridine rings is 1. The van der Waals surface area contributed by atoms with Gasteiger partial charge in [0, 0.05) is 33.0 Å². The van der Waals surface area contributed by atoms with Crippen LogP contribution in [0.15, 0.2) is 60.8 Å². The van der Waals surface area contributed by atoms with Gasteiger partial charge in [0.15, 0.2) is 0 Å². The van der Waals surface area contributed by atoms with E-state index in [1.54, 1.807) is 12.3 Å². The summed E-state index contributed by atoms with van der Waals surface area (Å²) < 4.78 is 13.9. The van der Waals surface area contributed by atoms with Gasteiger partial charge in [-0.3, -0.25) is 9.59 Å². The summed E-state index contributed by atoms with van der Waals surface area (Å²) in [6, 6.07) is 10.7. The molecule has 0 spiro atoms. The van der Waals surface area contributed by atoms with Crippen LogP contribution in [0.5, 0.6) is 0 Å². The number of halogens is 2. The Balaban J connectivity index is 1.56. The predicted octanol–water partition coefficient (Wildman–Crippen LogP) is 3.91. The van der Waals surface area contributed by atoms with E-state index in [9.17, 15) is 9.59 Å². The molecule has 0 bridgehead atoms. The van der Waals surface area contributed by atoms with Crippen molar-refractivity contribution in [2.75, 3.05) is 6.61 Å². The third-order valence-electron chi connectivity index (χ3n) is 3.39. The average molecular weight is 455 g/mol. The normalized spacial score (nSPS) is 10.9. The number of carbonyl (C=O) groups excluding carboxylic acids is 1. The maximum absolute atomic E-state index is 11.8. The largest absolute Gasteiger partial charge is 0.464 e. The minimum Gasteiger partial charge on any atom is -0.464 e. The maximum atomic E-state index is 11.8. The lowest BCUT2D eigenvalue weighted by Gasteiger charge is -2.06. The topological polar surface area (TPSA) is 61.4 Å². The number of rotatable bonds is 5. The quantitative estimate of drug-likeness (QED) is 0.548. The van der Waals surface area contributed by atoms with Crippen molar-refractivity contribution >= 4 is 48.8 Å². The molecule has 0 atom stereocenters. The van der Waals surface area contributed by atoms with E-state index in [0.29, 0.717) is 6.42 Å². The number of benzene rings is 1. The lowest BCUT2D eigenvalue weighted by Crippen LogP contribution is -2.24. The molecule has 5 nitrogen and oxygen atoms in total. The Morgan fingerprint density at radius 2 is 1.92 bits per heavy atom. The van der Waals surface area contributed by atoms with Crippen molar-refractivity contribution in [3.63, 3.8) is 0 Å². The number of ether oxygens (including phenoxy) is 1. The zero-order valence-electron chi connectivity index (χ0n) is 12.5. The summed E-state index contributed by atoms with van der Waals surface area (Å²) in [6.45, 7) is 0.0773. The second kappa shape index (κ2) is 7.36. The zero-order valence-corrected chi connectivity index (χ0v) is 15.7. The van der Waals surface area contributed by atoms with E-state index in [2.05, 4.69) is 31.9 Å². The predicted molar refractivity (Wildman–Crippen MR) is 97.0 cm³/mol. The van der Waals surface area contributed by atoms with Crippen LogP contribution in [0.25, 0.3) is 11.0 Å². The molecule has 3 rings (SSSR count). The Kier molecular flexibility index (Phi) is 5.20. The maximum Gasteiger partial charge on any atom is 0.326 e. The van der Waals surface area contributed by atoms with Crippen LogP contribution in [0.4, 0.5) is 0 Å². The lowest BCUT2D eigenvalue weighted by atomic mass is 10.2. The Labute approximate surface area is 154 Å². The van der Waals surface area contributed by atoms with E-state index in [-0.39, 0.29) is 18.7 Å². The second-order valence-electron chi connectivity index (χ2n) is 5.18. The van der Waals surface area contributed by atoms with Gasteiger partial charge in [-0.05, 0) is 46.3 Å². The molecule has 7 heteroatoms. The molecule has 0 saturated heterocycles. The molecule has 0 aliphatic rings. The van der Waals surface area contributed by atoms with Crippen LogP contribution < -0.4 is 5.56 Å². The third-order valence-corrected chi connectivity index (χ3v) is 4.35. The molecule has 0 aliphatic heterocycles. The van der Waals surface area contributed by atoms with Crippen molar-refractivity contribution in [2.24, 2.45) is 0 Å². The first-order chi connectivity index (χ1) is 11.5. The van der Waals surface area contributed by atoms with Crippen molar-refractivity contribution in [2.45, 2.75) is 13.0 Å². The summed E-state index contributed by atoms with van der Waals surface area (Å²) in [5.41, 5.74) is 0.540. The Bertz CT molecular complexity index is 945. The van der Waals surface area contributed by atoms with E-state index in [0.717, 1.165) is 25.7 Å². The van der Waals surface area contributed by atoms with Crippen LogP contribution in [0, 0.1) is 0 Å². The molecule has 2 heterocycles. The number of nitrogens with zero attached hydrogens (tertiary/aromatic N) is 1. The van der Waals surface area contributed by atoms with Gasteiger partial charge in [0.1, 0.15) is 17.9 Å². The highest BCUT2D eigenvalue weighted by molar-refractivity contribution is 9.10. The second-order valence-corrected chi connectivity index (χ2v) is 7.01. The van der Waals surface area contributed by atoms with Gasteiger partial charge in [0.2, 0.25) is 0 Å². The standard InChI is InChI=1S/C17H13Br2NO4/c18-12-1-3-15-11(7-12)8-14(24-15)5-6-23-17(22)10-20-9-13(19)2-4-16(20)21/h1-4,7-9H,5-6,10H2. The zero-order chi connectivity index (χ0) is 17.1. The summed E-state index contributed by atoms with van der Waals surface area (Å²) in [7, 11) is 0. The monoisotopic (exact) mass is 453 g/mol. The third kappa shape index (κ3) is 4.15. The number of esters is 1. The summed E-state index contributed by atoms with van der Waals surface area (Å²) in [4.78, 5) is 23.5. The van der Waals surface area contributed by atoms with Crippen LogP contribution >= 0.6 is 31.9 Å². The highest BCUT2D eigenvalue weighted by atomic mass is 79.9. The lowest BCUT2D eigenvalue weighted by molar-refractivity contribution is -0.144. The van der Waals surface area contributed by atoms with Crippen LogP contribution in [-0.4, -0.2) is 17.1 Å². The first kappa shape index (κ1) is 17.0. The molecule has 0 amide bonds. The van der Waals surface area contributed by atoms with Gasteiger partial charge in [-0.2, -0.15) is 0 Å². The highest BCUT2D eigenvalue weighted by Gasteiger charge is 2.08. The van der Waals surface area contributed by atoms with Crippen molar-refractivity contribution in [3.05, 3.63) is 67.7 Å². The molecule has 2 aromatic heterocycles.